The molecule has 2 aliphatic rings. The summed E-state index contributed by atoms with van der Waals surface area (Å²) >= 11 is 0. The zero-order valence-electron chi connectivity index (χ0n) is 16.1. The van der Waals surface area contributed by atoms with Gasteiger partial charge in [-0.2, -0.15) is 10.1 Å². The number of fused-ring (bicyclic) bond motifs is 2. The average Bonchev–Trinajstić information content (AvgIpc) is 3.16. The van der Waals surface area contributed by atoms with Crippen LogP contribution < -0.4 is 0 Å². The highest BCUT2D eigenvalue weighted by molar-refractivity contribution is 7.90. The highest BCUT2D eigenvalue weighted by Crippen LogP contribution is 2.52. The third-order valence-electron chi connectivity index (χ3n) is 5.18. The molecule has 0 aromatic heterocycles. The van der Waals surface area contributed by atoms with Crippen LogP contribution >= 0.6 is 0 Å². The fourth-order valence-corrected chi connectivity index (χ4v) is 5.89. The first-order valence-corrected chi connectivity index (χ1v) is 10.4. The van der Waals surface area contributed by atoms with Gasteiger partial charge in [-0.05, 0) is 18.6 Å². The van der Waals surface area contributed by atoms with E-state index in [0.29, 0.717) is 11.3 Å². The first-order valence-electron chi connectivity index (χ1n) is 8.91. The number of rotatable bonds is 1. The van der Waals surface area contributed by atoms with Crippen LogP contribution in [0.3, 0.4) is 0 Å². The van der Waals surface area contributed by atoms with Crippen molar-refractivity contribution in [2.75, 3.05) is 7.11 Å². The summed E-state index contributed by atoms with van der Waals surface area (Å²) < 4.78 is 32.0. The molecule has 2 heterocycles. The van der Waals surface area contributed by atoms with Crippen molar-refractivity contribution in [2.45, 2.75) is 30.8 Å². The molecule has 0 fully saturated rings. The van der Waals surface area contributed by atoms with Crippen LogP contribution in [-0.4, -0.2) is 42.6 Å². The molecule has 150 valence electrons. The van der Waals surface area contributed by atoms with E-state index >= 15 is 0 Å². The molecule has 29 heavy (non-hydrogen) atoms. The molecule has 8 nitrogen and oxygen atoms in total. The Morgan fingerprint density at radius 1 is 1.10 bits per heavy atom. The largest absolute Gasteiger partial charge is 0.451 e. The minimum atomic E-state index is -4.16. The molecule has 2 aromatic carbocycles. The van der Waals surface area contributed by atoms with Crippen LogP contribution in [0.5, 0.6) is 0 Å². The van der Waals surface area contributed by atoms with E-state index in [4.69, 9.17) is 4.74 Å². The Morgan fingerprint density at radius 2 is 1.76 bits per heavy atom. The van der Waals surface area contributed by atoms with Gasteiger partial charge in [-0.3, -0.25) is 4.79 Å². The topological polar surface area (TPSA) is 96.3 Å². The monoisotopic (exact) mass is 413 g/mol. The Morgan fingerprint density at radius 3 is 2.38 bits per heavy atom. The molecule has 0 bridgehead atoms. The van der Waals surface area contributed by atoms with Crippen molar-refractivity contribution in [3.63, 3.8) is 0 Å². The van der Waals surface area contributed by atoms with E-state index in [1.807, 2.05) is 31.2 Å². The van der Waals surface area contributed by atoms with Crippen LogP contribution in [0.25, 0.3) is 0 Å². The smallest absolute Gasteiger partial charge is 0.432 e. The average molecular weight is 413 g/mol. The summed E-state index contributed by atoms with van der Waals surface area (Å²) in [7, 11) is -2.98. The van der Waals surface area contributed by atoms with Crippen LogP contribution in [0.15, 0.2) is 58.5 Å². The van der Waals surface area contributed by atoms with Gasteiger partial charge in [0, 0.05) is 18.9 Å². The first kappa shape index (κ1) is 19.1. The molecule has 0 radical (unpaired) electrons. The van der Waals surface area contributed by atoms with Gasteiger partial charge in [0.05, 0.1) is 17.7 Å². The Balaban J connectivity index is 1.98. The third kappa shape index (κ3) is 2.57. The minimum Gasteiger partial charge on any atom is -0.451 e. The standard InChI is InChI=1S/C20H19N3O5S/c1-13-8-10-15(11-9-13)17-12-20(22(21-17)19(25)28-3)16-6-4-5-7-18(16)29(26,27)23(20)14(2)24/h4-11H,12H2,1-3H3. The number of benzene rings is 2. The molecule has 4 rings (SSSR count). The summed E-state index contributed by atoms with van der Waals surface area (Å²) in [4.78, 5) is 25.2. The summed E-state index contributed by atoms with van der Waals surface area (Å²) in [5, 5.41) is 5.37. The van der Waals surface area contributed by atoms with E-state index in [1.165, 1.54) is 13.2 Å². The van der Waals surface area contributed by atoms with E-state index in [0.717, 1.165) is 27.4 Å². The molecular formula is C20H19N3O5S. The van der Waals surface area contributed by atoms with Crippen LogP contribution in [0.1, 0.15) is 30.0 Å². The van der Waals surface area contributed by atoms with Crippen molar-refractivity contribution in [3.8, 4) is 0 Å². The predicted octanol–water partition coefficient (Wildman–Crippen LogP) is 2.58. The van der Waals surface area contributed by atoms with Crippen molar-refractivity contribution >= 4 is 27.7 Å². The fourth-order valence-electron chi connectivity index (χ4n) is 3.96. The van der Waals surface area contributed by atoms with E-state index < -0.39 is 27.7 Å². The van der Waals surface area contributed by atoms with Crippen molar-refractivity contribution < 1.29 is 22.7 Å². The van der Waals surface area contributed by atoms with Crippen molar-refractivity contribution in [2.24, 2.45) is 5.10 Å². The summed E-state index contributed by atoms with van der Waals surface area (Å²) in [6.07, 6.45) is -0.841. The lowest BCUT2D eigenvalue weighted by molar-refractivity contribution is -0.132. The van der Waals surface area contributed by atoms with Crippen molar-refractivity contribution in [3.05, 3.63) is 65.2 Å². The minimum absolute atomic E-state index is 0.0149. The van der Waals surface area contributed by atoms with Crippen LogP contribution in [0.4, 0.5) is 4.79 Å². The number of hydrogen-bond acceptors (Lipinski definition) is 6. The number of carbonyl (C=O) groups is 2. The molecule has 1 atom stereocenters. The van der Waals surface area contributed by atoms with Gasteiger partial charge in [-0.1, -0.05) is 48.0 Å². The third-order valence-corrected chi connectivity index (χ3v) is 7.13. The molecule has 1 unspecified atom stereocenters. The molecule has 2 amide bonds. The van der Waals surface area contributed by atoms with Gasteiger partial charge in [0.25, 0.3) is 10.0 Å². The molecule has 2 aliphatic heterocycles. The van der Waals surface area contributed by atoms with E-state index in [1.54, 1.807) is 18.2 Å². The number of aryl methyl sites for hydroxylation is 1. The number of hydrogen-bond donors (Lipinski definition) is 0. The summed E-state index contributed by atoms with van der Waals surface area (Å²) in [6, 6.07) is 13.7. The molecule has 2 aromatic rings. The van der Waals surface area contributed by atoms with Crippen molar-refractivity contribution in [1.29, 1.82) is 0 Å². The molecule has 0 saturated heterocycles. The molecule has 0 aliphatic carbocycles. The Labute approximate surface area is 168 Å². The maximum Gasteiger partial charge on any atom is 0.432 e. The van der Waals surface area contributed by atoms with Gasteiger partial charge in [0.15, 0.2) is 5.66 Å². The zero-order chi connectivity index (χ0) is 21.0. The van der Waals surface area contributed by atoms with E-state index in [-0.39, 0.29) is 11.3 Å². The number of methoxy groups -OCH3 is 1. The number of amides is 2. The number of sulfonamides is 1. The van der Waals surface area contributed by atoms with Crippen LogP contribution in [0, 0.1) is 6.92 Å². The maximum absolute atomic E-state index is 13.2. The van der Waals surface area contributed by atoms with Gasteiger partial charge in [0.2, 0.25) is 5.91 Å². The lowest BCUT2D eigenvalue weighted by Gasteiger charge is -2.37. The summed E-state index contributed by atoms with van der Waals surface area (Å²) in [5.41, 5.74) is 0.923. The molecule has 0 N–H and O–H groups in total. The molecular weight excluding hydrogens is 394 g/mol. The maximum atomic E-state index is 13.2. The molecule has 0 saturated carbocycles. The normalized spacial score (nSPS) is 21.8. The van der Waals surface area contributed by atoms with Gasteiger partial charge in [0.1, 0.15) is 0 Å². The summed E-state index contributed by atoms with van der Waals surface area (Å²) in [6.45, 7) is 3.10. The highest BCUT2D eigenvalue weighted by atomic mass is 32.2. The Bertz CT molecular complexity index is 1160. The van der Waals surface area contributed by atoms with Gasteiger partial charge in [-0.15, -0.1) is 0 Å². The lowest BCUT2D eigenvalue weighted by Crippen LogP contribution is -2.55. The number of carbonyl (C=O) groups excluding carboxylic acids is 2. The predicted molar refractivity (Wildman–Crippen MR) is 104 cm³/mol. The lowest BCUT2D eigenvalue weighted by atomic mass is 9.91. The van der Waals surface area contributed by atoms with Gasteiger partial charge in [-0.25, -0.2) is 17.5 Å². The SMILES string of the molecule is COC(=O)N1N=C(c2ccc(C)cc2)CC12c1ccccc1S(=O)(=O)N2C(C)=O. The molecule has 9 heteroatoms. The van der Waals surface area contributed by atoms with Gasteiger partial charge >= 0.3 is 6.09 Å². The number of ether oxygens (including phenoxy) is 1. The second-order valence-corrected chi connectivity index (χ2v) is 8.73. The first-order chi connectivity index (χ1) is 13.7. The van der Waals surface area contributed by atoms with Crippen molar-refractivity contribution in [1.82, 2.24) is 9.31 Å². The van der Waals surface area contributed by atoms with E-state index in [2.05, 4.69) is 5.10 Å². The Kier molecular flexibility index (Phi) is 4.23. The van der Waals surface area contributed by atoms with Gasteiger partial charge < -0.3 is 4.74 Å². The van der Waals surface area contributed by atoms with Crippen LogP contribution in [-0.2, 0) is 25.2 Å². The Hall–Kier alpha value is -3.20. The summed E-state index contributed by atoms with van der Waals surface area (Å²) in [5.74, 6) is -0.713. The zero-order valence-corrected chi connectivity index (χ0v) is 16.9. The second kappa shape index (κ2) is 6.41. The number of hydrazone groups is 1. The fraction of sp³-hybridized carbons (Fsp3) is 0.250. The second-order valence-electron chi connectivity index (χ2n) is 6.97. The number of nitrogens with zero attached hydrogens (tertiary/aromatic N) is 3. The van der Waals surface area contributed by atoms with E-state index in [9.17, 15) is 18.0 Å². The molecule has 1 spiro atoms. The van der Waals surface area contributed by atoms with Crippen LogP contribution in [0.2, 0.25) is 0 Å². The quantitative estimate of drug-likeness (QED) is 0.716. The highest BCUT2D eigenvalue weighted by Gasteiger charge is 2.63.